The number of nitrogens with zero attached hydrogens (tertiary/aromatic N) is 2. The molecule has 0 fully saturated rings. The van der Waals surface area contributed by atoms with E-state index in [1.54, 1.807) is 18.2 Å². The highest BCUT2D eigenvalue weighted by molar-refractivity contribution is 7.92. The fourth-order valence-corrected chi connectivity index (χ4v) is 5.50. The monoisotopic (exact) mass is 607 g/mol. The third-order valence-corrected chi connectivity index (χ3v) is 8.13. The average molecular weight is 609 g/mol. The van der Waals surface area contributed by atoms with Crippen LogP contribution >= 0.6 is 23.2 Å². The van der Waals surface area contributed by atoms with Crippen LogP contribution in [0.4, 0.5) is 10.1 Å². The molecule has 7 nitrogen and oxygen atoms in total. The Hall–Kier alpha value is -3.14. The molecule has 3 aromatic rings. The van der Waals surface area contributed by atoms with Crippen LogP contribution in [0.3, 0.4) is 0 Å². The first kappa shape index (κ1) is 31.4. The van der Waals surface area contributed by atoms with Gasteiger partial charge in [-0.3, -0.25) is 13.9 Å². The number of hydrogen-bond acceptors (Lipinski definition) is 4. The van der Waals surface area contributed by atoms with E-state index in [2.05, 4.69) is 5.32 Å². The van der Waals surface area contributed by atoms with Crippen LogP contribution in [0.5, 0.6) is 0 Å². The zero-order valence-corrected chi connectivity index (χ0v) is 24.6. The number of sulfonamides is 1. The molecule has 3 rings (SSSR count). The SMILES string of the molecule is CCCCNC(=O)[C@H](Cc1ccccc1)N(Cc1c(Cl)cccc1Cl)C(=O)CN(c1ccc(F)cc1)S(C)(=O)=O. The van der Waals surface area contributed by atoms with E-state index in [1.165, 1.54) is 17.0 Å². The molecule has 3 aromatic carbocycles. The molecular formula is C29H32Cl2FN3O4S. The summed E-state index contributed by atoms with van der Waals surface area (Å²) in [4.78, 5) is 28.9. The molecule has 0 bridgehead atoms. The normalized spacial score (nSPS) is 12.0. The molecule has 2 amide bonds. The van der Waals surface area contributed by atoms with Crippen LogP contribution in [0, 0.1) is 5.82 Å². The van der Waals surface area contributed by atoms with Crippen molar-refractivity contribution in [2.24, 2.45) is 0 Å². The molecule has 40 heavy (non-hydrogen) atoms. The Morgan fingerprint density at radius 1 is 0.950 bits per heavy atom. The minimum Gasteiger partial charge on any atom is -0.354 e. The number of carbonyl (C=O) groups is 2. The second kappa shape index (κ2) is 14.5. The van der Waals surface area contributed by atoms with Gasteiger partial charge in [-0.25, -0.2) is 12.8 Å². The number of nitrogens with one attached hydrogen (secondary N) is 1. The lowest BCUT2D eigenvalue weighted by molar-refractivity contribution is -0.140. The summed E-state index contributed by atoms with van der Waals surface area (Å²) >= 11 is 12.9. The highest BCUT2D eigenvalue weighted by Gasteiger charge is 2.33. The molecule has 11 heteroatoms. The fraction of sp³-hybridized carbons (Fsp3) is 0.310. The number of halogens is 3. The summed E-state index contributed by atoms with van der Waals surface area (Å²) in [5, 5.41) is 3.50. The highest BCUT2D eigenvalue weighted by Crippen LogP contribution is 2.28. The summed E-state index contributed by atoms with van der Waals surface area (Å²) in [5.74, 6) is -1.59. The van der Waals surface area contributed by atoms with Gasteiger partial charge < -0.3 is 10.2 Å². The largest absolute Gasteiger partial charge is 0.354 e. The third-order valence-electron chi connectivity index (χ3n) is 6.28. The highest BCUT2D eigenvalue weighted by atomic mass is 35.5. The van der Waals surface area contributed by atoms with E-state index >= 15 is 0 Å². The van der Waals surface area contributed by atoms with E-state index in [1.807, 2.05) is 37.3 Å². The van der Waals surface area contributed by atoms with Crippen molar-refractivity contribution in [2.75, 3.05) is 23.7 Å². The lowest BCUT2D eigenvalue weighted by atomic mass is 10.0. The molecule has 0 unspecified atom stereocenters. The van der Waals surface area contributed by atoms with E-state index in [-0.39, 0.29) is 24.6 Å². The van der Waals surface area contributed by atoms with Crippen molar-refractivity contribution in [2.45, 2.75) is 38.8 Å². The van der Waals surface area contributed by atoms with Gasteiger partial charge in [-0.05, 0) is 48.4 Å². The minimum atomic E-state index is -3.96. The Balaban J connectivity index is 2.07. The maximum absolute atomic E-state index is 14.0. The van der Waals surface area contributed by atoms with Crippen molar-refractivity contribution in [1.29, 1.82) is 0 Å². The molecule has 0 saturated heterocycles. The van der Waals surface area contributed by atoms with Gasteiger partial charge in [-0.1, -0.05) is 72.9 Å². The number of rotatable bonds is 13. The molecule has 214 valence electrons. The third kappa shape index (κ3) is 8.68. The van der Waals surface area contributed by atoms with Crippen molar-refractivity contribution >= 4 is 50.7 Å². The molecule has 0 saturated carbocycles. The Kier molecular flexibility index (Phi) is 11.4. The van der Waals surface area contributed by atoms with Gasteiger partial charge in [0.1, 0.15) is 18.4 Å². The number of benzene rings is 3. The van der Waals surface area contributed by atoms with Crippen LogP contribution in [-0.4, -0.2) is 50.5 Å². The van der Waals surface area contributed by atoms with Crippen molar-refractivity contribution < 1.29 is 22.4 Å². The van der Waals surface area contributed by atoms with Gasteiger partial charge >= 0.3 is 0 Å². The number of amides is 2. The van der Waals surface area contributed by atoms with Crippen molar-refractivity contribution in [3.05, 3.63) is 99.8 Å². The van der Waals surface area contributed by atoms with E-state index in [0.29, 0.717) is 22.2 Å². The van der Waals surface area contributed by atoms with Crippen molar-refractivity contribution in [3.8, 4) is 0 Å². The number of hydrogen-bond donors (Lipinski definition) is 1. The van der Waals surface area contributed by atoms with Gasteiger partial charge in [-0.2, -0.15) is 0 Å². The van der Waals surface area contributed by atoms with E-state index in [0.717, 1.165) is 41.1 Å². The van der Waals surface area contributed by atoms with Gasteiger partial charge in [0, 0.05) is 35.1 Å². The maximum atomic E-state index is 14.0. The van der Waals surface area contributed by atoms with Gasteiger partial charge in [-0.15, -0.1) is 0 Å². The van der Waals surface area contributed by atoms with E-state index in [4.69, 9.17) is 23.2 Å². The Bertz CT molecular complexity index is 1390. The van der Waals surface area contributed by atoms with Crippen LogP contribution < -0.4 is 9.62 Å². The van der Waals surface area contributed by atoms with Crippen molar-refractivity contribution in [1.82, 2.24) is 10.2 Å². The maximum Gasteiger partial charge on any atom is 0.244 e. The first-order valence-corrected chi connectivity index (χ1v) is 15.4. The molecule has 0 spiro atoms. The quantitative estimate of drug-likeness (QED) is 0.262. The van der Waals surface area contributed by atoms with Gasteiger partial charge in [0.2, 0.25) is 21.8 Å². The lowest BCUT2D eigenvalue weighted by Crippen LogP contribution is -2.53. The van der Waals surface area contributed by atoms with Crippen LogP contribution in [0.1, 0.15) is 30.9 Å². The minimum absolute atomic E-state index is 0.111. The molecule has 0 heterocycles. The summed E-state index contributed by atoms with van der Waals surface area (Å²) in [5.41, 5.74) is 1.34. The second-order valence-electron chi connectivity index (χ2n) is 9.32. The van der Waals surface area contributed by atoms with Gasteiger partial charge in [0.05, 0.1) is 11.9 Å². The van der Waals surface area contributed by atoms with Crippen LogP contribution in [-0.2, 0) is 32.6 Å². The first-order chi connectivity index (χ1) is 19.0. The Morgan fingerprint density at radius 2 is 1.57 bits per heavy atom. The lowest BCUT2D eigenvalue weighted by Gasteiger charge is -2.34. The summed E-state index contributed by atoms with van der Waals surface area (Å²) in [6.45, 7) is 1.65. The van der Waals surface area contributed by atoms with Crippen LogP contribution in [0.25, 0.3) is 0 Å². The smallest absolute Gasteiger partial charge is 0.244 e. The second-order valence-corrected chi connectivity index (χ2v) is 12.0. The summed E-state index contributed by atoms with van der Waals surface area (Å²) in [6, 6.07) is 17.9. The average Bonchev–Trinajstić information content (AvgIpc) is 2.91. The molecule has 0 radical (unpaired) electrons. The topological polar surface area (TPSA) is 86.8 Å². The predicted octanol–water partition coefficient (Wildman–Crippen LogP) is 5.45. The van der Waals surface area contributed by atoms with Crippen LogP contribution in [0.2, 0.25) is 10.0 Å². The molecule has 0 aliphatic carbocycles. The summed E-state index contributed by atoms with van der Waals surface area (Å²) in [6.07, 6.45) is 2.74. The summed E-state index contributed by atoms with van der Waals surface area (Å²) < 4.78 is 40.0. The molecule has 1 N–H and O–H groups in total. The standard InChI is InChI=1S/C29H32Cl2FN3O4S/c1-3-4-17-33-29(37)27(18-21-9-6-5-7-10-21)34(19-24-25(30)11-8-12-26(24)31)28(36)20-35(40(2,38)39)23-15-13-22(32)14-16-23/h5-16,27H,3-4,17-20H2,1-2H3,(H,33,37)/t27-/m0/s1. The summed E-state index contributed by atoms with van der Waals surface area (Å²) in [7, 11) is -3.96. The molecule has 0 aliphatic heterocycles. The van der Waals surface area contributed by atoms with Gasteiger partial charge in [0.15, 0.2) is 0 Å². The number of carbonyl (C=O) groups excluding carboxylic acids is 2. The first-order valence-electron chi connectivity index (χ1n) is 12.8. The van der Waals surface area contributed by atoms with Crippen LogP contribution in [0.15, 0.2) is 72.8 Å². The molecular weight excluding hydrogens is 576 g/mol. The Labute approximate surface area is 244 Å². The van der Waals surface area contributed by atoms with Crippen molar-refractivity contribution in [3.63, 3.8) is 0 Å². The zero-order chi connectivity index (χ0) is 29.3. The van der Waals surface area contributed by atoms with E-state index in [9.17, 15) is 22.4 Å². The predicted molar refractivity (Wildman–Crippen MR) is 157 cm³/mol. The number of unbranched alkanes of at least 4 members (excludes halogenated alkanes) is 1. The molecule has 1 atom stereocenters. The van der Waals surface area contributed by atoms with E-state index < -0.39 is 34.3 Å². The molecule has 0 aliphatic rings. The molecule has 0 aromatic heterocycles. The Morgan fingerprint density at radius 3 is 2.15 bits per heavy atom. The fourth-order valence-electron chi connectivity index (χ4n) is 4.13. The zero-order valence-electron chi connectivity index (χ0n) is 22.3. The van der Waals surface area contributed by atoms with Gasteiger partial charge in [0.25, 0.3) is 0 Å². The number of anilines is 1.